The van der Waals surface area contributed by atoms with Crippen LogP contribution in [0.3, 0.4) is 0 Å². The molecule has 0 aromatic heterocycles. The van der Waals surface area contributed by atoms with Gasteiger partial charge in [-0.1, -0.05) is 60.7 Å². The van der Waals surface area contributed by atoms with Crippen molar-refractivity contribution in [3.63, 3.8) is 0 Å². The topological polar surface area (TPSA) is 29.1 Å². The Morgan fingerprint density at radius 2 is 1.40 bits per heavy atom. The third kappa shape index (κ3) is 2.25. The van der Waals surface area contributed by atoms with Gasteiger partial charge < -0.3 is 5.32 Å². The van der Waals surface area contributed by atoms with E-state index in [0.29, 0.717) is 0 Å². The van der Waals surface area contributed by atoms with E-state index >= 15 is 0 Å². The molecule has 1 N–H and O–H groups in total. The highest BCUT2D eigenvalue weighted by Crippen LogP contribution is 2.38. The molecule has 2 heteroatoms. The zero-order valence-corrected chi connectivity index (χ0v) is 11.3. The summed E-state index contributed by atoms with van der Waals surface area (Å²) in [5.41, 5.74) is 1.47. The minimum Gasteiger partial charge on any atom is -0.325 e. The lowest BCUT2D eigenvalue weighted by Gasteiger charge is -2.28. The van der Waals surface area contributed by atoms with Crippen LogP contribution in [0.1, 0.15) is 18.4 Å². The molecule has 3 rings (SSSR count). The van der Waals surface area contributed by atoms with Crippen LogP contribution in [0.25, 0.3) is 0 Å². The van der Waals surface area contributed by atoms with Gasteiger partial charge in [0.15, 0.2) is 0 Å². The second-order valence-corrected chi connectivity index (χ2v) is 5.15. The maximum Gasteiger partial charge on any atom is 0.235 e. The van der Waals surface area contributed by atoms with E-state index in [2.05, 4.69) is 17.5 Å². The standard InChI is InChI=1S/C18H17NO/c20-17(19-16-11-5-2-6-12-16)18(13-7-8-14-18)15-9-3-1-4-10-15/h1-12H,13-14H2,(H,19,20). The number of hydrogen-bond acceptors (Lipinski definition) is 1. The van der Waals surface area contributed by atoms with Crippen LogP contribution in [0.4, 0.5) is 5.69 Å². The smallest absolute Gasteiger partial charge is 0.235 e. The molecule has 100 valence electrons. The molecule has 0 radical (unpaired) electrons. The summed E-state index contributed by atoms with van der Waals surface area (Å²) >= 11 is 0. The minimum absolute atomic E-state index is 0.0694. The van der Waals surface area contributed by atoms with Crippen molar-refractivity contribution in [2.75, 3.05) is 5.32 Å². The van der Waals surface area contributed by atoms with E-state index in [4.69, 9.17) is 0 Å². The molecule has 20 heavy (non-hydrogen) atoms. The lowest BCUT2D eigenvalue weighted by atomic mass is 9.77. The van der Waals surface area contributed by atoms with Gasteiger partial charge in [0.2, 0.25) is 5.91 Å². The third-order valence-corrected chi connectivity index (χ3v) is 3.89. The molecule has 2 aromatic carbocycles. The summed E-state index contributed by atoms with van der Waals surface area (Å²) in [7, 11) is 0. The summed E-state index contributed by atoms with van der Waals surface area (Å²) in [6, 6.07) is 19.7. The van der Waals surface area contributed by atoms with Gasteiger partial charge in [0.25, 0.3) is 0 Å². The van der Waals surface area contributed by atoms with Gasteiger partial charge in [-0.3, -0.25) is 4.79 Å². The summed E-state index contributed by atoms with van der Waals surface area (Å²) in [6.45, 7) is 0. The highest BCUT2D eigenvalue weighted by Gasteiger charge is 2.40. The maximum atomic E-state index is 12.8. The highest BCUT2D eigenvalue weighted by molar-refractivity contribution is 5.99. The number of rotatable bonds is 3. The van der Waals surface area contributed by atoms with Crippen LogP contribution < -0.4 is 5.32 Å². The van der Waals surface area contributed by atoms with Crippen LogP contribution in [0.2, 0.25) is 0 Å². The van der Waals surface area contributed by atoms with Crippen molar-refractivity contribution in [1.82, 2.24) is 0 Å². The van der Waals surface area contributed by atoms with E-state index < -0.39 is 5.41 Å². The van der Waals surface area contributed by atoms with E-state index in [0.717, 1.165) is 24.1 Å². The summed E-state index contributed by atoms with van der Waals surface area (Å²) < 4.78 is 0. The zero-order valence-electron chi connectivity index (χ0n) is 11.3. The molecule has 0 heterocycles. The number of benzene rings is 2. The summed E-state index contributed by atoms with van der Waals surface area (Å²) in [6.07, 6.45) is 5.71. The first kappa shape index (κ1) is 12.7. The Kier molecular flexibility index (Phi) is 3.38. The Balaban J connectivity index is 1.90. The van der Waals surface area contributed by atoms with Crippen molar-refractivity contribution in [2.45, 2.75) is 18.3 Å². The molecule has 1 aliphatic carbocycles. The number of amides is 1. The van der Waals surface area contributed by atoms with E-state index in [1.165, 1.54) is 0 Å². The monoisotopic (exact) mass is 263 g/mol. The first-order chi connectivity index (χ1) is 9.81. The molecule has 0 saturated heterocycles. The van der Waals surface area contributed by atoms with E-state index in [1.54, 1.807) is 0 Å². The van der Waals surface area contributed by atoms with Gasteiger partial charge in [-0.2, -0.15) is 0 Å². The van der Waals surface area contributed by atoms with Gasteiger partial charge in [-0.25, -0.2) is 0 Å². The van der Waals surface area contributed by atoms with Gasteiger partial charge >= 0.3 is 0 Å². The predicted octanol–water partition coefficient (Wildman–Crippen LogP) is 3.91. The molecule has 0 spiro atoms. The minimum atomic E-state index is -0.461. The van der Waals surface area contributed by atoms with Gasteiger partial charge in [-0.15, -0.1) is 0 Å². The number of hydrogen-bond donors (Lipinski definition) is 1. The maximum absolute atomic E-state index is 12.8. The van der Waals surface area contributed by atoms with Crippen molar-refractivity contribution < 1.29 is 4.79 Å². The van der Waals surface area contributed by atoms with Crippen molar-refractivity contribution in [1.29, 1.82) is 0 Å². The molecule has 0 atom stereocenters. The number of carbonyl (C=O) groups is 1. The molecule has 0 saturated carbocycles. The summed E-state index contributed by atoms with van der Waals surface area (Å²) in [4.78, 5) is 12.8. The molecule has 0 bridgehead atoms. The Morgan fingerprint density at radius 1 is 0.850 bits per heavy atom. The molecule has 1 aliphatic rings. The fourth-order valence-corrected chi connectivity index (χ4v) is 2.73. The largest absolute Gasteiger partial charge is 0.325 e. The van der Waals surface area contributed by atoms with E-state index in [9.17, 15) is 4.79 Å². The molecule has 1 amide bonds. The van der Waals surface area contributed by atoms with Crippen molar-refractivity contribution in [3.8, 4) is 0 Å². The fraction of sp³-hybridized carbons (Fsp3) is 0.167. The highest BCUT2D eigenvalue weighted by atomic mass is 16.2. The lowest BCUT2D eigenvalue weighted by Crippen LogP contribution is -2.38. The number of carbonyl (C=O) groups excluding carboxylic acids is 1. The van der Waals surface area contributed by atoms with Crippen LogP contribution >= 0.6 is 0 Å². The van der Waals surface area contributed by atoms with Crippen LogP contribution in [0, 0.1) is 0 Å². The second-order valence-electron chi connectivity index (χ2n) is 5.15. The van der Waals surface area contributed by atoms with Crippen molar-refractivity contribution in [3.05, 3.63) is 78.4 Å². The first-order valence-electron chi connectivity index (χ1n) is 6.88. The van der Waals surface area contributed by atoms with Crippen molar-refractivity contribution >= 4 is 11.6 Å². The Bertz CT molecular complexity index is 608. The molecular weight excluding hydrogens is 246 g/mol. The molecule has 0 fully saturated rings. The van der Waals surface area contributed by atoms with Crippen LogP contribution in [-0.4, -0.2) is 5.91 Å². The average molecular weight is 263 g/mol. The molecule has 2 nitrogen and oxygen atoms in total. The quantitative estimate of drug-likeness (QED) is 0.836. The molecule has 0 unspecified atom stereocenters. The number of allylic oxidation sites excluding steroid dienone is 2. The normalized spacial score (nSPS) is 16.0. The Hall–Kier alpha value is -2.35. The lowest BCUT2D eigenvalue weighted by molar-refractivity contribution is -0.121. The average Bonchev–Trinajstić information content (AvgIpc) is 3.00. The van der Waals surface area contributed by atoms with Gasteiger partial charge in [-0.05, 0) is 30.5 Å². The molecular formula is C18H17NO. The number of nitrogens with one attached hydrogen (secondary N) is 1. The molecule has 0 aliphatic heterocycles. The van der Waals surface area contributed by atoms with Crippen LogP contribution in [-0.2, 0) is 10.2 Å². The Morgan fingerprint density at radius 3 is 2.00 bits per heavy atom. The summed E-state index contributed by atoms with van der Waals surface area (Å²) in [5.74, 6) is 0.0694. The van der Waals surface area contributed by atoms with Crippen LogP contribution in [0.5, 0.6) is 0 Å². The SMILES string of the molecule is O=C(Nc1ccccc1)C1(c2ccccc2)CC=CC1. The van der Waals surface area contributed by atoms with E-state index in [-0.39, 0.29) is 5.91 Å². The predicted molar refractivity (Wildman–Crippen MR) is 81.6 cm³/mol. The van der Waals surface area contributed by atoms with E-state index in [1.807, 2.05) is 60.7 Å². The number of para-hydroxylation sites is 1. The number of anilines is 1. The zero-order chi connectivity index (χ0) is 13.8. The second kappa shape index (κ2) is 5.33. The van der Waals surface area contributed by atoms with Crippen molar-refractivity contribution in [2.24, 2.45) is 0 Å². The third-order valence-electron chi connectivity index (χ3n) is 3.89. The fourth-order valence-electron chi connectivity index (χ4n) is 2.73. The van der Waals surface area contributed by atoms with Crippen LogP contribution in [0.15, 0.2) is 72.8 Å². The Labute approximate surface area is 119 Å². The van der Waals surface area contributed by atoms with Gasteiger partial charge in [0, 0.05) is 5.69 Å². The van der Waals surface area contributed by atoms with Gasteiger partial charge in [0.05, 0.1) is 5.41 Å². The first-order valence-corrected chi connectivity index (χ1v) is 6.88. The summed E-state index contributed by atoms with van der Waals surface area (Å²) in [5, 5.41) is 3.04. The van der Waals surface area contributed by atoms with Gasteiger partial charge in [0.1, 0.15) is 0 Å². The molecule has 2 aromatic rings.